The van der Waals surface area contributed by atoms with Crippen LogP contribution in [0.1, 0.15) is 17.3 Å². The van der Waals surface area contributed by atoms with E-state index in [1.54, 1.807) is 6.92 Å². The van der Waals surface area contributed by atoms with Gasteiger partial charge in [-0.15, -0.1) is 0 Å². The van der Waals surface area contributed by atoms with Crippen LogP contribution in [0.2, 0.25) is 0 Å². The van der Waals surface area contributed by atoms with Crippen molar-refractivity contribution in [2.24, 2.45) is 0 Å². The normalized spacial score (nSPS) is 11.2. The number of sulfonamides is 1. The molecule has 0 unspecified atom stereocenters. The van der Waals surface area contributed by atoms with E-state index < -0.39 is 16.0 Å². The fourth-order valence-corrected chi connectivity index (χ4v) is 2.07. The lowest BCUT2D eigenvalue weighted by Crippen LogP contribution is -2.20. The van der Waals surface area contributed by atoms with Gasteiger partial charge in [-0.2, -0.15) is 0 Å². The summed E-state index contributed by atoms with van der Waals surface area (Å²) in [5.74, 6) is -1.36. The molecule has 0 radical (unpaired) electrons. The van der Waals surface area contributed by atoms with E-state index in [0.29, 0.717) is 6.61 Å². The van der Waals surface area contributed by atoms with Gasteiger partial charge >= 0.3 is 5.97 Å². The number of carbonyl (C=O) groups is 1. The second-order valence-electron chi connectivity index (χ2n) is 3.39. The van der Waals surface area contributed by atoms with Gasteiger partial charge in [-0.1, -0.05) is 0 Å². The van der Waals surface area contributed by atoms with Gasteiger partial charge in [0.25, 0.3) is 0 Å². The highest BCUT2D eigenvalue weighted by Gasteiger charge is 2.12. The highest BCUT2D eigenvalue weighted by Crippen LogP contribution is 2.10. The number of carboxylic acid groups (broad SMARTS) is 1. The number of aromatic carboxylic acids is 1. The Morgan fingerprint density at radius 2 is 2.22 bits per heavy atom. The molecule has 0 bridgehead atoms. The van der Waals surface area contributed by atoms with Crippen LogP contribution in [-0.4, -0.2) is 43.4 Å². The third kappa shape index (κ3) is 4.68. The molecular formula is C10H14N2O5S. The zero-order chi connectivity index (χ0) is 13.6. The number of nitrogens with zero attached hydrogens (tertiary/aromatic N) is 1. The smallest absolute Gasteiger partial charge is 0.337 e. The minimum absolute atomic E-state index is 0.0812. The van der Waals surface area contributed by atoms with Gasteiger partial charge < -0.3 is 9.84 Å². The number of carboxylic acids is 1. The first kappa shape index (κ1) is 14.4. The summed E-state index contributed by atoms with van der Waals surface area (Å²) in [5, 5.41) is 8.74. The lowest BCUT2D eigenvalue weighted by Gasteiger charge is -2.08. The number of rotatable bonds is 7. The van der Waals surface area contributed by atoms with Crippen molar-refractivity contribution in [3.05, 3.63) is 24.0 Å². The predicted molar refractivity (Wildman–Crippen MR) is 65.1 cm³/mol. The molecule has 2 N–H and O–H groups in total. The van der Waals surface area contributed by atoms with Gasteiger partial charge in [0, 0.05) is 12.8 Å². The summed E-state index contributed by atoms with van der Waals surface area (Å²) in [7, 11) is -3.56. The second-order valence-corrected chi connectivity index (χ2v) is 5.23. The van der Waals surface area contributed by atoms with E-state index in [1.807, 2.05) is 0 Å². The molecule has 18 heavy (non-hydrogen) atoms. The number of anilines is 1. The lowest BCUT2D eigenvalue weighted by molar-refractivity contribution is 0.0696. The van der Waals surface area contributed by atoms with Crippen LogP contribution in [0, 0.1) is 0 Å². The number of ether oxygens (including phenoxy) is 1. The van der Waals surface area contributed by atoms with Gasteiger partial charge in [0.2, 0.25) is 10.0 Å². The summed E-state index contributed by atoms with van der Waals surface area (Å²) < 4.78 is 30.4. The van der Waals surface area contributed by atoms with Gasteiger partial charge in [0.1, 0.15) is 0 Å². The molecule has 1 aromatic heterocycles. The van der Waals surface area contributed by atoms with Crippen LogP contribution in [0.4, 0.5) is 5.69 Å². The van der Waals surface area contributed by atoms with Crippen LogP contribution >= 0.6 is 0 Å². The topological polar surface area (TPSA) is 106 Å². The molecule has 0 aliphatic heterocycles. The van der Waals surface area contributed by atoms with Crippen molar-refractivity contribution in [3.8, 4) is 0 Å². The van der Waals surface area contributed by atoms with Crippen LogP contribution in [-0.2, 0) is 14.8 Å². The summed E-state index contributed by atoms with van der Waals surface area (Å²) in [5.41, 5.74) is 0.0337. The zero-order valence-electron chi connectivity index (χ0n) is 9.79. The minimum atomic E-state index is -3.56. The van der Waals surface area contributed by atoms with Crippen LogP contribution < -0.4 is 4.72 Å². The fraction of sp³-hybridized carbons (Fsp3) is 0.400. The average Bonchev–Trinajstić information content (AvgIpc) is 2.28. The SMILES string of the molecule is CCOCCS(=O)(=O)Nc1cncc(C(=O)O)c1. The molecular weight excluding hydrogens is 260 g/mol. The number of hydrogen-bond acceptors (Lipinski definition) is 5. The maximum atomic E-state index is 11.6. The van der Waals surface area contributed by atoms with Crippen molar-refractivity contribution in [2.75, 3.05) is 23.7 Å². The summed E-state index contributed by atoms with van der Waals surface area (Å²) >= 11 is 0. The maximum Gasteiger partial charge on any atom is 0.337 e. The van der Waals surface area contributed by atoms with Crippen molar-refractivity contribution in [3.63, 3.8) is 0 Å². The van der Waals surface area contributed by atoms with E-state index in [2.05, 4.69) is 9.71 Å². The number of aromatic nitrogens is 1. The Balaban J connectivity index is 2.72. The maximum absolute atomic E-state index is 11.6. The molecule has 0 aliphatic carbocycles. The Labute approximate surface area is 105 Å². The van der Waals surface area contributed by atoms with Gasteiger partial charge in [-0.3, -0.25) is 9.71 Å². The Kier molecular flexibility index (Phi) is 5.05. The van der Waals surface area contributed by atoms with Gasteiger partial charge in [0.15, 0.2) is 0 Å². The molecule has 1 heterocycles. The van der Waals surface area contributed by atoms with E-state index in [9.17, 15) is 13.2 Å². The van der Waals surface area contributed by atoms with Crippen molar-refractivity contribution in [1.29, 1.82) is 0 Å². The Morgan fingerprint density at radius 1 is 1.50 bits per heavy atom. The quantitative estimate of drug-likeness (QED) is 0.704. The molecule has 100 valence electrons. The van der Waals surface area contributed by atoms with E-state index in [0.717, 1.165) is 6.20 Å². The Hall–Kier alpha value is -1.67. The first-order chi connectivity index (χ1) is 8.44. The van der Waals surface area contributed by atoms with Crippen LogP contribution in [0.5, 0.6) is 0 Å². The second kappa shape index (κ2) is 6.31. The first-order valence-electron chi connectivity index (χ1n) is 5.21. The molecule has 8 heteroatoms. The fourth-order valence-electron chi connectivity index (χ4n) is 1.16. The molecule has 0 amide bonds. The van der Waals surface area contributed by atoms with Crippen LogP contribution in [0.25, 0.3) is 0 Å². The van der Waals surface area contributed by atoms with Crippen molar-refractivity contribution < 1.29 is 23.1 Å². The van der Waals surface area contributed by atoms with Crippen LogP contribution in [0.3, 0.4) is 0 Å². The number of pyridine rings is 1. The average molecular weight is 274 g/mol. The molecule has 0 saturated carbocycles. The predicted octanol–water partition coefficient (Wildman–Crippen LogP) is 0.558. The molecule has 0 aromatic carbocycles. The zero-order valence-corrected chi connectivity index (χ0v) is 10.6. The summed E-state index contributed by atoms with van der Waals surface area (Å²) in [6.45, 7) is 2.28. The van der Waals surface area contributed by atoms with Gasteiger partial charge in [0.05, 0.1) is 29.8 Å². The van der Waals surface area contributed by atoms with Crippen molar-refractivity contribution in [1.82, 2.24) is 4.98 Å². The molecule has 0 spiro atoms. The summed E-state index contributed by atoms with van der Waals surface area (Å²) in [6, 6.07) is 1.20. The third-order valence-electron chi connectivity index (χ3n) is 1.96. The molecule has 0 fully saturated rings. The number of hydrogen-bond donors (Lipinski definition) is 2. The summed E-state index contributed by atoms with van der Waals surface area (Å²) in [6.07, 6.45) is 2.38. The minimum Gasteiger partial charge on any atom is -0.478 e. The van der Waals surface area contributed by atoms with E-state index in [4.69, 9.17) is 9.84 Å². The van der Waals surface area contributed by atoms with Gasteiger partial charge in [-0.05, 0) is 13.0 Å². The summed E-state index contributed by atoms with van der Waals surface area (Å²) in [4.78, 5) is 14.3. The monoisotopic (exact) mass is 274 g/mol. The molecule has 0 atom stereocenters. The van der Waals surface area contributed by atoms with Crippen molar-refractivity contribution in [2.45, 2.75) is 6.92 Å². The largest absolute Gasteiger partial charge is 0.478 e. The highest BCUT2D eigenvalue weighted by atomic mass is 32.2. The Morgan fingerprint density at radius 3 is 2.83 bits per heavy atom. The molecule has 1 aromatic rings. The van der Waals surface area contributed by atoms with E-state index in [1.165, 1.54) is 12.3 Å². The van der Waals surface area contributed by atoms with Gasteiger partial charge in [-0.25, -0.2) is 13.2 Å². The number of nitrogens with one attached hydrogen (secondary N) is 1. The molecule has 1 rings (SSSR count). The van der Waals surface area contributed by atoms with Crippen LogP contribution in [0.15, 0.2) is 18.5 Å². The third-order valence-corrected chi connectivity index (χ3v) is 3.21. The van der Waals surface area contributed by atoms with E-state index >= 15 is 0 Å². The van der Waals surface area contributed by atoms with E-state index in [-0.39, 0.29) is 23.6 Å². The lowest BCUT2D eigenvalue weighted by atomic mass is 10.3. The highest BCUT2D eigenvalue weighted by molar-refractivity contribution is 7.92. The molecule has 0 saturated heterocycles. The van der Waals surface area contributed by atoms with Crippen molar-refractivity contribution >= 4 is 21.7 Å². The Bertz CT molecular complexity index is 515. The first-order valence-corrected chi connectivity index (χ1v) is 6.86. The molecule has 7 nitrogen and oxygen atoms in total. The molecule has 0 aliphatic rings. The standard InChI is InChI=1S/C10H14N2O5S/c1-2-17-3-4-18(15,16)12-9-5-8(10(13)14)6-11-7-9/h5-7,12H,2-4H2,1H3,(H,13,14).